The lowest BCUT2D eigenvalue weighted by Gasteiger charge is -2.21. The second kappa shape index (κ2) is 9.02. The number of carbonyl (C=O) groups is 1. The number of amides is 1. The van der Waals surface area contributed by atoms with Crippen LogP contribution in [0.1, 0.15) is 17.6 Å². The van der Waals surface area contributed by atoms with Crippen molar-refractivity contribution < 1.29 is 4.79 Å². The minimum Gasteiger partial charge on any atom is -0.357 e. The van der Waals surface area contributed by atoms with Crippen LogP contribution in [0, 0.1) is 6.92 Å². The Morgan fingerprint density at radius 1 is 1.33 bits per heavy atom. The summed E-state index contributed by atoms with van der Waals surface area (Å²) in [5, 5.41) is 9.11. The van der Waals surface area contributed by atoms with E-state index in [9.17, 15) is 4.79 Å². The zero-order valence-electron chi connectivity index (χ0n) is 14.2. The average Bonchev–Trinajstić information content (AvgIpc) is 2.97. The summed E-state index contributed by atoms with van der Waals surface area (Å²) < 4.78 is 0. The van der Waals surface area contributed by atoms with E-state index >= 15 is 0 Å². The zero-order valence-corrected chi connectivity index (χ0v) is 15.1. The Balaban J connectivity index is 1.95. The van der Waals surface area contributed by atoms with Crippen LogP contribution in [0.4, 0.5) is 5.69 Å². The summed E-state index contributed by atoms with van der Waals surface area (Å²) in [6.45, 7) is 5.44. The first-order valence-electron chi connectivity index (χ1n) is 7.84. The Bertz CT molecular complexity index is 683. The Morgan fingerprint density at radius 2 is 2.08 bits per heavy atom. The SMILES string of the molecule is CCNC(=NCC(=O)Nc1ccccc1)N(C)Cc1csc(C)n1. The molecule has 0 fully saturated rings. The highest BCUT2D eigenvalue weighted by atomic mass is 32.1. The van der Waals surface area contributed by atoms with E-state index in [-0.39, 0.29) is 12.5 Å². The molecular weight excluding hydrogens is 322 g/mol. The topological polar surface area (TPSA) is 69.6 Å². The van der Waals surface area contributed by atoms with Gasteiger partial charge in [-0.25, -0.2) is 9.98 Å². The first-order valence-corrected chi connectivity index (χ1v) is 8.71. The summed E-state index contributed by atoms with van der Waals surface area (Å²) >= 11 is 1.63. The molecule has 0 atom stereocenters. The van der Waals surface area contributed by atoms with Gasteiger partial charge in [-0.1, -0.05) is 18.2 Å². The normalized spacial score (nSPS) is 11.2. The molecule has 0 bridgehead atoms. The van der Waals surface area contributed by atoms with Crippen molar-refractivity contribution in [2.75, 3.05) is 25.5 Å². The predicted octanol–water partition coefficient (Wildman–Crippen LogP) is 2.49. The van der Waals surface area contributed by atoms with Crippen molar-refractivity contribution in [3.8, 4) is 0 Å². The fourth-order valence-corrected chi connectivity index (χ4v) is 2.74. The number of aliphatic imine (C=N–C) groups is 1. The number of anilines is 1. The van der Waals surface area contributed by atoms with Gasteiger partial charge in [0.25, 0.3) is 0 Å². The van der Waals surface area contributed by atoms with Gasteiger partial charge >= 0.3 is 0 Å². The molecule has 1 aromatic carbocycles. The van der Waals surface area contributed by atoms with Gasteiger partial charge in [0.15, 0.2) is 5.96 Å². The lowest BCUT2D eigenvalue weighted by Crippen LogP contribution is -2.39. The highest BCUT2D eigenvalue weighted by molar-refractivity contribution is 7.09. The Labute approximate surface area is 146 Å². The zero-order chi connectivity index (χ0) is 17.4. The highest BCUT2D eigenvalue weighted by Crippen LogP contribution is 2.10. The van der Waals surface area contributed by atoms with E-state index in [4.69, 9.17) is 0 Å². The molecule has 0 saturated heterocycles. The van der Waals surface area contributed by atoms with Crippen LogP contribution in [0.5, 0.6) is 0 Å². The molecule has 7 heteroatoms. The molecule has 2 rings (SSSR count). The molecule has 24 heavy (non-hydrogen) atoms. The van der Waals surface area contributed by atoms with E-state index in [2.05, 4.69) is 20.6 Å². The Hall–Kier alpha value is -2.41. The van der Waals surface area contributed by atoms with Crippen LogP contribution < -0.4 is 10.6 Å². The van der Waals surface area contributed by atoms with Crippen LogP contribution >= 0.6 is 11.3 Å². The van der Waals surface area contributed by atoms with Gasteiger partial charge in [0, 0.05) is 24.7 Å². The molecule has 1 heterocycles. The van der Waals surface area contributed by atoms with Gasteiger partial charge in [-0.3, -0.25) is 4.79 Å². The van der Waals surface area contributed by atoms with Crippen molar-refractivity contribution in [2.24, 2.45) is 4.99 Å². The molecule has 0 aliphatic rings. The molecule has 0 unspecified atom stereocenters. The van der Waals surface area contributed by atoms with E-state index in [1.54, 1.807) is 11.3 Å². The van der Waals surface area contributed by atoms with Crippen LogP contribution in [-0.4, -0.2) is 41.9 Å². The van der Waals surface area contributed by atoms with E-state index in [0.29, 0.717) is 12.5 Å². The van der Waals surface area contributed by atoms with Gasteiger partial charge in [-0.05, 0) is 26.0 Å². The van der Waals surface area contributed by atoms with E-state index in [1.165, 1.54) is 0 Å². The number of aromatic nitrogens is 1. The third-order valence-corrected chi connectivity index (χ3v) is 4.01. The fraction of sp³-hybridized carbons (Fsp3) is 0.353. The molecular formula is C17H23N5OS. The second-order valence-corrected chi connectivity index (χ2v) is 6.36. The van der Waals surface area contributed by atoms with Gasteiger partial charge < -0.3 is 15.5 Å². The third-order valence-electron chi connectivity index (χ3n) is 3.19. The standard InChI is InChI=1S/C17H23N5OS/c1-4-18-17(22(3)11-15-12-24-13(2)20-15)19-10-16(23)21-14-8-6-5-7-9-14/h5-9,12H,4,10-11H2,1-3H3,(H,18,19)(H,21,23). The van der Waals surface area contributed by atoms with Gasteiger partial charge in [0.2, 0.25) is 5.91 Å². The van der Waals surface area contributed by atoms with Crippen LogP contribution in [0.3, 0.4) is 0 Å². The van der Waals surface area contributed by atoms with Crippen LogP contribution in [0.25, 0.3) is 0 Å². The smallest absolute Gasteiger partial charge is 0.246 e. The lowest BCUT2D eigenvalue weighted by atomic mass is 10.3. The fourth-order valence-electron chi connectivity index (χ4n) is 2.14. The molecule has 1 aromatic heterocycles. The van der Waals surface area contributed by atoms with Crippen molar-refractivity contribution in [3.63, 3.8) is 0 Å². The van der Waals surface area contributed by atoms with Gasteiger partial charge in [0.05, 0.1) is 17.2 Å². The summed E-state index contributed by atoms with van der Waals surface area (Å²) in [4.78, 5) is 22.9. The number of aryl methyl sites for hydroxylation is 1. The molecule has 0 aliphatic carbocycles. The maximum absolute atomic E-state index is 12.0. The van der Waals surface area contributed by atoms with E-state index in [1.807, 2.05) is 61.5 Å². The van der Waals surface area contributed by atoms with E-state index in [0.717, 1.165) is 22.9 Å². The first-order chi connectivity index (χ1) is 11.6. The van der Waals surface area contributed by atoms with Gasteiger partial charge in [-0.2, -0.15) is 0 Å². The Morgan fingerprint density at radius 3 is 2.71 bits per heavy atom. The summed E-state index contributed by atoms with van der Waals surface area (Å²) in [6.07, 6.45) is 0. The maximum atomic E-state index is 12.0. The number of hydrogen-bond donors (Lipinski definition) is 2. The molecule has 2 aromatic rings. The first kappa shape index (κ1) is 17.9. The molecule has 1 amide bonds. The quantitative estimate of drug-likeness (QED) is 0.623. The van der Waals surface area contributed by atoms with E-state index < -0.39 is 0 Å². The molecule has 0 radical (unpaired) electrons. The number of nitrogens with zero attached hydrogens (tertiary/aromatic N) is 3. The summed E-state index contributed by atoms with van der Waals surface area (Å²) in [5.74, 6) is 0.542. The molecule has 0 spiro atoms. The summed E-state index contributed by atoms with van der Waals surface area (Å²) in [6, 6.07) is 9.37. The second-order valence-electron chi connectivity index (χ2n) is 5.30. The number of carbonyl (C=O) groups excluding carboxylic acids is 1. The number of guanidine groups is 1. The molecule has 2 N–H and O–H groups in total. The van der Waals surface area contributed by atoms with Crippen molar-refractivity contribution in [2.45, 2.75) is 20.4 Å². The number of para-hydroxylation sites is 1. The number of hydrogen-bond acceptors (Lipinski definition) is 4. The largest absolute Gasteiger partial charge is 0.357 e. The molecule has 128 valence electrons. The average molecular weight is 345 g/mol. The van der Waals surface area contributed by atoms with Crippen LogP contribution in [-0.2, 0) is 11.3 Å². The summed E-state index contributed by atoms with van der Waals surface area (Å²) in [7, 11) is 1.94. The summed E-state index contributed by atoms with van der Waals surface area (Å²) in [5.41, 5.74) is 1.77. The molecule has 6 nitrogen and oxygen atoms in total. The number of benzene rings is 1. The lowest BCUT2D eigenvalue weighted by molar-refractivity contribution is -0.114. The number of thiazole rings is 1. The highest BCUT2D eigenvalue weighted by Gasteiger charge is 2.09. The Kier molecular flexibility index (Phi) is 6.74. The minimum atomic E-state index is -0.144. The number of rotatable bonds is 6. The monoisotopic (exact) mass is 345 g/mol. The van der Waals surface area contributed by atoms with Crippen molar-refractivity contribution in [3.05, 3.63) is 46.4 Å². The van der Waals surface area contributed by atoms with Gasteiger partial charge in [0.1, 0.15) is 6.54 Å². The van der Waals surface area contributed by atoms with Crippen molar-refractivity contribution in [1.29, 1.82) is 0 Å². The van der Waals surface area contributed by atoms with Crippen molar-refractivity contribution in [1.82, 2.24) is 15.2 Å². The van der Waals surface area contributed by atoms with Crippen LogP contribution in [0.2, 0.25) is 0 Å². The molecule has 0 aliphatic heterocycles. The predicted molar refractivity (Wildman–Crippen MR) is 99.4 cm³/mol. The number of nitrogens with one attached hydrogen (secondary N) is 2. The molecule has 0 saturated carbocycles. The van der Waals surface area contributed by atoms with Crippen LogP contribution in [0.15, 0.2) is 40.7 Å². The minimum absolute atomic E-state index is 0.0671. The third kappa shape index (κ3) is 5.66. The van der Waals surface area contributed by atoms with Gasteiger partial charge in [-0.15, -0.1) is 11.3 Å². The maximum Gasteiger partial charge on any atom is 0.246 e. The van der Waals surface area contributed by atoms with Crippen molar-refractivity contribution >= 4 is 28.9 Å².